The summed E-state index contributed by atoms with van der Waals surface area (Å²) in [6, 6.07) is 10.9. The van der Waals surface area contributed by atoms with Gasteiger partial charge in [0, 0.05) is 69.8 Å². The Labute approximate surface area is 307 Å². The number of phenols is 1. The fraction of sp³-hybridized carbons (Fsp3) is 0.457. The number of aliphatic imine (C=N–C) groups is 1. The van der Waals surface area contributed by atoms with E-state index in [0.717, 1.165) is 17.7 Å². The van der Waals surface area contributed by atoms with Crippen LogP contribution >= 0.6 is 31.9 Å². The van der Waals surface area contributed by atoms with Crippen LogP contribution in [0.15, 0.2) is 62.3 Å². The van der Waals surface area contributed by atoms with E-state index in [-0.39, 0.29) is 36.8 Å². The molecule has 1 atom stereocenters. The van der Waals surface area contributed by atoms with Gasteiger partial charge >= 0.3 is 18.1 Å². The number of nitrogens with zero attached hydrogens (tertiary/aromatic N) is 5. The van der Waals surface area contributed by atoms with E-state index in [1.807, 2.05) is 39.0 Å². The number of hydrogen-bond donors (Lipinski definition) is 2. The van der Waals surface area contributed by atoms with Crippen LogP contribution in [-0.4, -0.2) is 126 Å². The molecule has 3 aliphatic heterocycles. The number of anilines is 1. The Balaban J connectivity index is 1.20. The lowest BCUT2D eigenvalue weighted by molar-refractivity contribution is -0.144. The number of halogens is 2. The maximum atomic E-state index is 13.4. The number of likely N-dealkylation sites (tertiary alicyclic amines) is 1. The molecule has 0 bridgehead atoms. The number of benzene rings is 2. The van der Waals surface area contributed by atoms with E-state index in [1.54, 1.807) is 30.2 Å². The quantitative estimate of drug-likeness (QED) is 0.212. The number of piperazine rings is 1. The Morgan fingerprint density at radius 1 is 1.06 bits per heavy atom. The molecule has 0 radical (unpaired) electrons. The number of piperidine rings is 1. The minimum atomic E-state index is -1.26. The van der Waals surface area contributed by atoms with E-state index in [9.17, 15) is 24.3 Å². The van der Waals surface area contributed by atoms with Crippen molar-refractivity contribution in [2.24, 2.45) is 4.99 Å². The Bertz CT molecular complexity index is 1650. The van der Waals surface area contributed by atoms with Gasteiger partial charge in [-0.1, -0.05) is 18.2 Å². The van der Waals surface area contributed by atoms with E-state index in [1.165, 1.54) is 0 Å². The Kier molecular flexibility index (Phi) is 13.1. The second-order valence-electron chi connectivity index (χ2n) is 12.2. The molecule has 13 nitrogen and oxygen atoms in total. The largest absolute Gasteiger partial charge is 0.506 e. The minimum absolute atomic E-state index is 0.00431. The van der Waals surface area contributed by atoms with Gasteiger partial charge in [-0.3, -0.25) is 14.5 Å². The monoisotopic (exact) mass is 814 g/mol. The van der Waals surface area contributed by atoms with Crippen LogP contribution in [0, 0.1) is 0 Å². The van der Waals surface area contributed by atoms with Gasteiger partial charge in [-0.25, -0.2) is 9.59 Å². The molecule has 3 heterocycles. The Morgan fingerprint density at radius 2 is 1.76 bits per heavy atom. The first-order valence-corrected chi connectivity index (χ1v) is 18.2. The molecule has 50 heavy (non-hydrogen) atoms. The SMILES string of the molecule is CCOC(=O)CN1CCN(C=C=C=NC(=O)[C@@H](Cc2cc(Br)c(O)c(Br)c2)OC(=O)N2CCC(N3CCc4ccccc4NC3=O)CC2)CC1. The van der Waals surface area contributed by atoms with Crippen LogP contribution < -0.4 is 5.32 Å². The summed E-state index contributed by atoms with van der Waals surface area (Å²) in [6.45, 7) is 6.31. The number of fused-ring (bicyclic) bond motifs is 1. The third-order valence-corrected chi connectivity index (χ3v) is 10.1. The van der Waals surface area contributed by atoms with Gasteiger partial charge in [0.1, 0.15) is 5.75 Å². The zero-order chi connectivity index (χ0) is 35.6. The molecule has 2 aromatic carbocycles. The number of esters is 1. The Hall–Kier alpha value is -4.13. The van der Waals surface area contributed by atoms with Gasteiger partial charge < -0.3 is 34.6 Å². The summed E-state index contributed by atoms with van der Waals surface area (Å²) < 4.78 is 11.6. The molecular weight excluding hydrogens is 776 g/mol. The first-order valence-electron chi connectivity index (χ1n) is 16.6. The van der Waals surface area contributed by atoms with Crippen molar-refractivity contribution in [3.05, 3.63) is 68.4 Å². The molecule has 4 amide bonds. The fourth-order valence-corrected chi connectivity index (χ4v) is 7.42. The van der Waals surface area contributed by atoms with Crippen LogP contribution in [0.3, 0.4) is 0 Å². The molecule has 0 aliphatic carbocycles. The molecular formula is C35H40Br2N6O7. The van der Waals surface area contributed by atoms with Crippen LogP contribution in [0.1, 0.15) is 30.9 Å². The number of hydrogen-bond acceptors (Lipinski definition) is 9. The van der Waals surface area contributed by atoms with E-state index < -0.39 is 18.1 Å². The average Bonchev–Trinajstić information content (AvgIpc) is 3.27. The molecule has 3 aliphatic rings. The highest BCUT2D eigenvalue weighted by Crippen LogP contribution is 2.34. The second kappa shape index (κ2) is 17.7. The van der Waals surface area contributed by atoms with Crippen molar-refractivity contribution in [1.82, 2.24) is 19.6 Å². The summed E-state index contributed by atoms with van der Waals surface area (Å²) in [7, 11) is 0. The maximum absolute atomic E-state index is 13.4. The number of aromatic hydroxyl groups is 1. The lowest BCUT2D eigenvalue weighted by atomic mass is 10.0. The van der Waals surface area contributed by atoms with Gasteiger partial charge in [0.25, 0.3) is 5.91 Å². The highest BCUT2D eigenvalue weighted by Gasteiger charge is 2.33. The predicted molar refractivity (Wildman–Crippen MR) is 193 cm³/mol. The molecule has 0 aromatic heterocycles. The number of phenolic OH excluding ortho intramolecular Hbond substituents is 1. The number of nitrogens with one attached hydrogen (secondary N) is 1. The standard InChI is InChI=1S/C35H40Br2N6O7/c1-2-49-31(44)23-41-18-16-40(17-19-41)12-5-11-38-33(46)30(22-24-20-27(36)32(45)28(37)21-24)50-35(48)42-13-9-26(10-14-42)43-15-8-25-6-3-4-7-29(25)39-34(43)47/h3-4,6-7,12,20-21,26,30,45H,2,8-10,13-19,22-23H2,1H3,(H,39,47)/t30-/m1/s1. The highest BCUT2D eigenvalue weighted by atomic mass is 79.9. The highest BCUT2D eigenvalue weighted by molar-refractivity contribution is 9.11. The molecule has 2 N–H and O–H groups in total. The lowest BCUT2D eigenvalue weighted by Crippen LogP contribution is -2.50. The summed E-state index contributed by atoms with van der Waals surface area (Å²) in [5.41, 5.74) is 5.32. The molecule has 0 saturated carbocycles. The maximum Gasteiger partial charge on any atom is 0.410 e. The van der Waals surface area contributed by atoms with E-state index in [4.69, 9.17) is 9.47 Å². The van der Waals surface area contributed by atoms with Crippen molar-refractivity contribution in [3.8, 4) is 5.75 Å². The number of carbonyl (C=O) groups excluding carboxylic acids is 4. The summed E-state index contributed by atoms with van der Waals surface area (Å²) in [6.07, 6.45) is 1.62. The number of carbonyl (C=O) groups is 4. The van der Waals surface area contributed by atoms with Gasteiger partial charge in [0.15, 0.2) is 6.10 Å². The summed E-state index contributed by atoms with van der Waals surface area (Å²) in [4.78, 5) is 62.7. The van der Waals surface area contributed by atoms with Crippen LogP contribution in [0.2, 0.25) is 0 Å². The van der Waals surface area contributed by atoms with Crippen LogP contribution in [-0.2, 0) is 31.9 Å². The van der Waals surface area contributed by atoms with E-state index in [0.29, 0.717) is 79.8 Å². The normalized spacial score (nSPS) is 17.3. The number of ether oxygens (including phenoxy) is 2. The van der Waals surface area contributed by atoms with Crippen LogP contribution in [0.4, 0.5) is 15.3 Å². The third-order valence-electron chi connectivity index (χ3n) is 8.86. The molecule has 2 aromatic rings. The third kappa shape index (κ3) is 9.98. The van der Waals surface area contributed by atoms with Gasteiger partial charge in [0.2, 0.25) is 0 Å². The first-order chi connectivity index (χ1) is 24.1. The molecule has 15 heteroatoms. The van der Waals surface area contributed by atoms with Crippen molar-refractivity contribution in [3.63, 3.8) is 0 Å². The topological polar surface area (TPSA) is 144 Å². The predicted octanol–water partition coefficient (Wildman–Crippen LogP) is 4.57. The number of rotatable bonds is 9. The molecule has 0 spiro atoms. The van der Waals surface area contributed by atoms with Crippen molar-refractivity contribution in [2.45, 2.75) is 44.8 Å². The number of amides is 4. The van der Waals surface area contributed by atoms with Gasteiger partial charge in [0.05, 0.1) is 28.3 Å². The van der Waals surface area contributed by atoms with Gasteiger partial charge in [-0.05, 0) is 93.1 Å². The number of urea groups is 1. The molecule has 266 valence electrons. The fourth-order valence-electron chi connectivity index (χ4n) is 6.14. The van der Waals surface area contributed by atoms with Crippen molar-refractivity contribution in [2.75, 3.05) is 64.3 Å². The molecule has 2 fully saturated rings. The minimum Gasteiger partial charge on any atom is -0.506 e. The Morgan fingerprint density at radius 3 is 2.46 bits per heavy atom. The van der Waals surface area contributed by atoms with Crippen molar-refractivity contribution in [1.29, 1.82) is 0 Å². The van der Waals surface area contributed by atoms with E-state index in [2.05, 4.69) is 53.8 Å². The van der Waals surface area contributed by atoms with Gasteiger partial charge in [-0.2, -0.15) is 4.99 Å². The molecule has 0 unspecified atom stereocenters. The summed E-state index contributed by atoms with van der Waals surface area (Å²) in [5, 5.41) is 13.2. The summed E-state index contributed by atoms with van der Waals surface area (Å²) >= 11 is 6.62. The summed E-state index contributed by atoms with van der Waals surface area (Å²) in [5.74, 6) is 1.58. The van der Waals surface area contributed by atoms with Crippen molar-refractivity contribution < 1.29 is 33.8 Å². The second-order valence-corrected chi connectivity index (χ2v) is 13.9. The van der Waals surface area contributed by atoms with E-state index >= 15 is 0 Å². The average molecular weight is 817 g/mol. The lowest BCUT2D eigenvalue weighted by Gasteiger charge is -2.37. The first kappa shape index (κ1) is 37.1. The zero-order valence-electron chi connectivity index (χ0n) is 27.8. The molecule has 5 rings (SSSR count). The zero-order valence-corrected chi connectivity index (χ0v) is 30.9. The smallest absolute Gasteiger partial charge is 0.410 e. The van der Waals surface area contributed by atoms with Crippen LogP contribution in [0.5, 0.6) is 5.75 Å². The van der Waals surface area contributed by atoms with Gasteiger partial charge in [-0.15, -0.1) is 0 Å². The van der Waals surface area contributed by atoms with Crippen LogP contribution in [0.25, 0.3) is 0 Å². The number of para-hydroxylation sites is 1. The molecule has 2 saturated heterocycles. The van der Waals surface area contributed by atoms with Crippen molar-refractivity contribution >= 4 is 67.4 Å².